The van der Waals surface area contributed by atoms with Gasteiger partial charge in [0.15, 0.2) is 0 Å². The van der Waals surface area contributed by atoms with Crippen LogP contribution in [0.5, 0.6) is 0 Å². The molecule has 0 radical (unpaired) electrons. The van der Waals surface area contributed by atoms with E-state index in [0.29, 0.717) is 12.8 Å². The third-order valence-electron chi connectivity index (χ3n) is 4.63. The standard InChI is InChI=1S/C20H21FN2O2/c1-2-15-5-3-4-6-17(15)23-19(25)20(11-12-20)18(24)22-13-14-7-9-16(21)10-8-14/h3-10H,2,11-13H2,1H3,(H,22,24)(H,23,25). The molecule has 2 N–H and O–H groups in total. The minimum Gasteiger partial charge on any atom is -0.351 e. The largest absolute Gasteiger partial charge is 0.351 e. The molecule has 1 aliphatic rings. The smallest absolute Gasteiger partial charge is 0.240 e. The van der Waals surface area contributed by atoms with E-state index in [1.807, 2.05) is 31.2 Å². The summed E-state index contributed by atoms with van der Waals surface area (Å²) in [4.78, 5) is 25.1. The van der Waals surface area contributed by atoms with Gasteiger partial charge in [0.05, 0.1) is 0 Å². The second kappa shape index (κ2) is 7.05. The van der Waals surface area contributed by atoms with E-state index in [2.05, 4.69) is 10.6 Å². The topological polar surface area (TPSA) is 58.2 Å². The molecule has 0 spiro atoms. The first kappa shape index (κ1) is 17.1. The molecule has 4 nitrogen and oxygen atoms in total. The fourth-order valence-electron chi connectivity index (χ4n) is 2.83. The highest BCUT2D eigenvalue weighted by Crippen LogP contribution is 2.47. The summed E-state index contributed by atoms with van der Waals surface area (Å²) < 4.78 is 12.9. The van der Waals surface area contributed by atoms with Crippen LogP contribution in [-0.2, 0) is 22.6 Å². The van der Waals surface area contributed by atoms with E-state index in [1.54, 1.807) is 12.1 Å². The highest BCUT2D eigenvalue weighted by Gasteiger charge is 2.56. The van der Waals surface area contributed by atoms with Crippen LogP contribution in [0.3, 0.4) is 0 Å². The number of halogens is 1. The minimum absolute atomic E-state index is 0.259. The molecular formula is C20H21FN2O2. The Morgan fingerprint density at radius 2 is 1.72 bits per heavy atom. The zero-order chi connectivity index (χ0) is 17.9. The van der Waals surface area contributed by atoms with E-state index in [4.69, 9.17) is 0 Å². The van der Waals surface area contributed by atoms with Crippen molar-refractivity contribution in [3.8, 4) is 0 Å². The minimum atomic E-state index is -0.985. The van der Waals surface area contributed by atoms with Gasteiger partial charge >= 0.3 is 0 Å². The maximum Gasteiger partial charge on any atom is 0.240 e. The molecule has 25 heavy (non-hydrogen) atoms. The van der Waals surface area contributed by atoms with Gasteiger partial charge in [-0.15, -0.1) is 0 Å². The third-order valence-corrected chi connectivity index (χ3v) is 4.63. The van der Waals surface area contributed by atoms with E-state index >= 15 is 0 Å². The summed E-state index contributed by atoms with van der Waals surface area (Å²) in [6.07, 6.45) is 1.89. The molecule has 0 saturated heterocycles. The van der Waals surface area contributed by atoms with Crippen molar-refractivity contribution in [1.29, 1.82) is 0 Å². The van der Waals surface area contributed by atoms with Gasteiger partial charge in [0.2, 0.25) is 11.8 Å². The van der Waals surface area contributed by atoms with Crippen molar-refractivity contribution in [2.24, 2.45) is 5.41 Å². The molecule has 1 aliphatic carbocycles. The van der Waals surface area contributed by atoms with Gasteiger partial charge < -0.3 is 10.6 Å². The molecule has 0 heterocycles. The zero-order valence-corrected chi connectivity index (χ0v) is 14.1. The summed E-state index contributed by atoms with van der Waals surface area (Å²) >= 11 is 0. The van der Waals surface area contributed by atoms with Gasteiger partial charge in [-0.3, -0.25) is 9.59 Å². The molecule has 130 valence electrons. The fourth-order valence-corrected chi connectivity index (χ4v) is 2.83. The van der Waals surface area contributed by atoms with Crippen molar-refractivity contribution in [3.63, 3.8) is 0 Å². The Morgan fingerprint density at radius 1 is 1.04 bits per heavy atom. The molecule has 3 rings (SSSR count). The summed E-state index contributed by atoms with van der Waals surface area (Å²) in [6, 6.07) is 13.5. The van der Waals surface area contributed by atoms with Gasteiger partial charge in [-0.25, -0.2) is 4.39 Å². The maximum absolute atomic E-state index is 12.9. The van der Waals surface area contributed by atoms with Crippen LogP contribution in [0, 0.1) is 11.2 Å². The molecule has 1 saturated carbocycles. The van der Waals surface area contributed by atoms with Gasteiger partial charge in [0, 0.05) is 12.2 Å². The number of benzene rings is 2. The first-order valence-electron chi connectivity index (χ1n) is 8.47. The summed E-state index contributed by atoms with van der Waals surface area (Å²) in [7, 11) is 0. The van der Waals surface area contributed by atoms with Gasteiger partial charge in [-0.2, -0.15) is 0 Å². The Hall–Kier alpha value is -2.69. The predicted octanol–water partition coefficient (Wildman–Crippen LogP) is 3.42. The summed E-state index contributed by atoms with van der Waals surface area (Å²) in [5.74, 6) is -0.851. The lowest BCUT2D eigenvalue weighted by Gasteiger charge is -2.17. The Kier molecular flexibility index (Phi) is 4.83. The monoisotopic (exact) mass is 340 g/mol. The molecule has 2 amide bonds. The van der Waals surface area contributed by atoms with Crippen LogP contribution in [0.2, 0.25) is 0 Å². The number of carbonyl (C=O) groups excluding carboxylic acids is 2. The number of nitrogens with one attached hydrogen (secondary N) is 2. The highest BCUT2D eigenvalue weighted by molar-refractivity contribution is 6.13. The Morgan fingerprint density at radius 3 is 2.36 bits per heavy atom. The van der Waals surface area contributed by atoms with Gasteiger partial charge in [-0.05, 0) is 48.6 Å². The molecule has 1 fully saturated rings. The summed E-state index contributed by atoms with van der Waals surface area (Å²) in [6.45, 7) is 2.30. The van der Waals surface area contributed by atoms with E-state index in [-0.39, 0.29) is 24.2 Å². The normalized spacial score (nSPS) is 14.6. The lowest BCUT2D eigenvalue weighted by Crippen LogP contribution is -2.39. The number of hydrogen-bond acceptors (Lipinski definition) is 2. The highest BCUT2D eigenvalue weighted by atomic mass is 19.1. The first-order chi connectivity index (χ1) is 12.0. The molecule has 0 aromatic heterocycles. The zero-order valence-electron chi connectivity index (χ0n) is 14.1. The molecule has 2 aromatic carbocycles. The second-order valence-electron chi connectivity index (χ2n) is 6.36. The predicted molar refractivity (Wildman–Crippen MR) is 94.4 cm³/mol. The van der Waals surface area contributed by atoms with Crippen molar-refractivity contribution in [3.05, 3.63) is 65.5 Å². The summed E-state index contributed by atoms with van der Waals surface area (Å²) in [5.41, 5.74) is 1.61. The quantitative estimate of drug-likeness (QED) is 0.792. The van der Waals surface area contributed by atoms with Crippen molar-refractivity contribution < 1.29 is 14.0 Å². The molecular weight excluding hydrogens is 319 g/mol. The van der Waals surface area contributed by atoms with Gasteiger partial charge in [-0.1, -0.05) is 37.3 Å². The van der Waals surface area contributed by atoms with Crippen molar-refractivity contribution in [1.82, 2.24) is 5.32 Å². The van der Waals surface area contributed by atoms with Crippen LogP contribution < -0.4 is 10.6 Å². The molecule has 0 unspecified atom stereocenters. The van der Waals surface area contributed by atoms with Gasteiger partial charge in [0.25, 0.3) is 0 Å². The van der Waals surface area contributed by atoms with Crippen LogP contribution in [0.4, 0.5) is 10.1 Å². The SMILES string of the molecule is CCc1ccccc1NC(=O)C1(C(=O)NCc2ccc(F)cc2)CC1. The molecule has 2 aromatic rings. The van der Waals surface area contributed by atoms with Crippen LogP contribution >= 0.6 is 0 Å². The Balaban J connectivity index is 1.63. The average molecular weight is 340 g/mol. The maximum atomic E-state index is 12.9. The number of rotatable bonds is 6. The lowest BCUT2D eigenvalue weighted by molar-refractivity contribution is -0.134. The van der Waals surface area contributed by atoms with Crippen molar-refractivity contribution >= 4 is 17.5 Å². The first-order valence-corrected chi connectivity index (χ1v) is 8.47. The van der Waals surface area contributed by atoms with Crippen molar-refractivity contribution in [2.75, 3.05) is 5.32 Å². The Bertz CT molecular complexity index is 783. The van der Waals surface area contributed by atoms with Crippen LogP contribution in [0.25, 0.3) is 0 Å². The van der Waals surface area contributed by atoms with E-state index < -0.39 is 5.41 Å². The fraction of sp³-hybridized carbons (Fsp3) is 0.300. The van der Waals surface area contributed by atoms with Gasteiger partial charge in [0.1, 0.15) is 11.2 Å². The number of aryl methyl sites for hydroxylation is 1. The Labute approximate surface area is 146 Å². The van der Waals surface area contributed by atoms with Crippen LogP contribution in [0.15, 0.2) is 48.5 Å². The number of amides is 2. The molecule has 0 bridgehead atoms. The van der Waals surface area contributed by atoms with Crippen LogP contribution in [0.1, 0.15) is 30.9 Å². The lowest BCUT2D eigenvalue weighted by atomic mass is 10.0. The number of anilines is 1. The molecule has 0 atom stereocenters. The number of carbonyl (C=O) groups is 2. The summed E-state index contributed by atoms with van der Waals surface area (Å²) in [5, 5.41) is 5.70. The van der Waals surface area contributed by atoms with E-state index in [0.717, 1.165) is 23.2 Å². The number of hydrogen-bond donors (Lipinski definition) is 2. The molecule has 5 heteroatoms. The third kappa shape index (κ3) is 3.71. The van der Waals surface area contributed by atoms with Crippen molar-refractivity contribution in [2.45, 2.75) is 32.7 Å². The van der Waals surface area contributed by atoms with Crippen LogP contribution in [-0.4, -0.2) is 11.8 Å². The molecule has 0 aliphatic heterocycles. The van der Waals surface area contributed by atoms with E-state index in [9.17, 15) is 14.0 Å². The average Bonchev–Trinajstić information content (AvgIpc) is 3.43. The van der Waals surface area contributed by atoms with E-state index in [1.165, 1.54) is 12.1 Å². The second-order valence-corrected chi connectivity index (χ2v) is 6.36. The number of para-hydroxylation sites is 1.